The number of aliphatic hydroxyl groups is 1. The molecule has 3 aromatic rings. The molecule has 1 aliphatic heterocycles. The molecule has 2 saturated carbocycles. The van der Waals surface area contributed by atoms with Gasteiger partial charge in [-0.15, -0.1) is 0 Å². The summed E-state index contributed by atoms with van der Waals surface area (Å²) in [5.41, 5.74) is 0.962. The Morgan fingerprint density at radius 3 is 2.33 bits per heavy atom. The molecule has 6 rings (SSSR count). The number of nitrogens with zero attached hydrogens (tertiary/aromatic N) is 3. The molecule has 2 N–H and O–H groups in total. The normalized spacial score (nSPS) is 24.1. The smallest absolute Gasteiger partial charge is 0.394 e. The first kappa shape index (κ1) is 32.2. The third-order valence-corrected chi connectivity index (χ3v) is 11.0. The average Bonchev–Trinajstić information content (AvgIpc) is 3.81. The maximum Gasteiger partial charge on any atom is 0.394 e. The number of nitrogens with one attached hydrogen (secondary N) is 1. The summed E-state index contributed by atoms with van der Waals surface area (Å²) in [5.74, 6) is -0.820. The van der Waals surface area contributed by atoms with Crippen LogP contribution in [0.25, 0.3) is 11.3 Å². The highest BCUT2D eigenvalue weighted by atomic mass is 32.2. The Kier molecular flexibility index (Phi) is 8.51. The number of carbonyl (C=O) groups excluding carboxylic acids is 1. The van der Waals surface area contributed by atoms with Crippen LogP contribution in [0.2, 0.25) is 0 Å². The summed E-state index contributed by atoms with van der Waals surface area (Å²) >= 11 is 0. The Labute approximate surface area is 266 Å². The van der Waals surface area contributed by atoms with Crippen LogP contribution >= 0.6 is 0 Å². The van der Waals surface area contributed by atoms with E-state index >= 15 is 0 Å². The summed E-state index contributed by atoms with van der Waals surface area (Å²) in [5, 5.41) is 9.72. The van der Waals surface area contributed by atoms with E-state index in [0.29, 0.717) is 31.4 Å². The summed E-state index contributed by atoms with van der Waals surface area (Å²) in [6.07, 6.45) is -2.73. The Balaban J connectivity index is 1.50. The lowest BCUT2D eigenvalue weighted by Crippen LogP contribution is -2.52. The van der Waals surface area contributed by atoms with Crippen LogP contribution in [-0.4, -0.2) is 65.8 Å². The topological polar surface area (TPSA) is 122 Å². The van der Waals surface area contributed by atoms with Crippen molar-refractivity contribution in [1.82, 2.24) is 14.9 Å². The Morgan fingerprint density at radius 1 is 1.02 bits per heavy atom. The molecule has 246 valence electrons. The van der Waals surface area contributed by atoms with Crippen LogP contribution in [0.4, 0.5) is 19.1 Å². The lowest BCUT2D eigenvalue weighted by atomic mass is 9.84. The molecule has 13 heteroatoms. The second-order valence-corrected chi connectivity index (χ2v) is 14.5. The van der Waals surface area contributed by atoms with Crippen molar-refractivity contribution in [2.75, 3.05) is 17.9 Å². The lowest BCUT2D eigenvalue weighted by Gasteiger charge is -2.42. The maximum absolute atomic E-state index is 14.4. The van der Waals surface area contributed by atoms with Crippen LogP contribution in [0.3, 0.4) is 0 Å². The zero-order valence-electron chi connectivity index (χ0n) is 25.7. The van der Waals surface area contributed by atoms with Crippen molar-refractivity contribution < 1.29 is 36.2 Å². The van der Waals surface area contributed by atoms with Crippen molar-refractivity contribution in [3.63, 3.8) is 0 Å². The fraction of sp³-hybridized carbons (Fsp3) is 0.485. The SMILES string of the molecule is Cc1cccc(C)c1-c1cc2nc(n1)NS(=O)(=O)c1cccc(c1)C(=O)N([C@H]1CC[C@H](CO)CC1)[C@H](CC1(C(F)(F)F)CC1)CO2. The van der Waals surface area contributed by atoms with Gasteiger partial charge in [-0.05, 0) is 94.0 Å². The highest BCUT2D eigenvalue weighted by Crippen LogP contribution is 2.61. The van der Waals surface area contributed by atoms with Crippen LogP contribution in [0.15, 0.2) is 53.4 Å². The Bertz CT molecular complexity index is 1720. The van der Waals surface area contributed by atoms with Crippen LogP contribution in [-0.2, 0) is 10.0 Å². The van der Waals surface area contributed by atoms with Gasteiger partial charge in [0.2, 0.25) is 11.8 Å². The first-order valence-corrected chi connectivity index (χ1v) is 17.0. The monoisotopic (exact) mass is 658 g/mol. The van der Waals surface area contributed by atoms with Crippen LogP contribution < -0.4 is 9.46 Å². The van der Waals surface area contributed by atoms with Crippen molar-refractivity contribution in [2.45, 2.75) is 81.9 Å². The molecule has 9 nitrogen and oxygen atoms in total. The molecule has 1 atom stereocenters. The number of aryl methyl sites for hydroxylation is 2. The van der Waals surface area contributed by atoms with Crippen molar-refractivity contribution in [1.29, 1.82) is 0 Å². The van der Waals surface area contributed by atoms with E-state index in [9.17, 15) is 31.5 Å². The van der Waals surface area contributed by atoms with Crippen LogP contribution in [0.1, 0.15) is 66.4 Å². The molecular weight excluding hydrogens is 621 g/mol. The third-order valence-electron chi connectivity index (χ3n) is 9.66. The van der Waals surface area contributed by atoms with E-state index in [-0.39, 0.29) is 60.7 Å². The van der Waals surface area contributed by atoms with Crippen LogP contribution in [0, 0.1) is 25.2 Å². The van der Waals surface area contributed by atoms with Crippen molar-refractivity contribution >= 4 is 21.9 Å². The number of sulfonamides is 1. The summed E-state index contributed by atoms with van der Waals surface area (Å²) in [7, 11) is -4.28. The predicted molar refractivity (Wildman–Crippen MR) is 165 cm³/mol. The zero-order valence-corrected chi connectivity index (χ0v) is 26.5. The molecule has 0 spiro atoms. The number of alkyl halides is 3. The molecule has 3 aliphatic rings. The summed E-state index contributed by atoms with van der Waals surface area (Å²) < 4.78 is 78.9. The lowest BCUT2D eigenvalue weighted by molar-refractivity contribution is -0.193. The second kappa shape index (κ2) is 12.1. The standard InChI is InChI=1S/C33H37F3N4O5S/c1-20-5-3-6-21(2)29(20)27-16-28-38-31(37-27)39-46(43,44)26-8-4-7-23(15-26)30(42)40(24-11-9-22(18-41)10-12-24)25(19-45-28)17-32(13-14-32)33(34,35)36/h3-8,15-16,22,24-25,41H,9-14,17-19H2,1-2H3,(H,37,38,39)/t22-,24-,25-/m1/s1. The van der Waals surface area contributed by atoms with Gasteiger partial charge in [0, 0.05) is 29.8 Å². The van der Waals surface area contributed by atoms with Gasteiger partial charge in [-0.25, -0.2) is 18.1 Å². The number of halogens is 3. The first-order valence-electron chi connectivity index (χ1n) is 15.5. The van der Waals surface area contributed by atoms with E-state index in [2.05, 4.69) is 14.7 Å². The Hall–Kier alpha value is -3.71. The number of carbonyl (C=O) groups is 1. The number of benzene rings is 2. The van der Waals surface area contributed by atoms with Gasteiger partial charge in [0.05, 0.1) is 22.0 Å². The molecule has 2 fully saturated rings. The molecular formula is C33H37F3N4O5S. The van der Waals surface area contributed by atoms with Crippen molar-refractivity contribution in [2.24, 2.45) is 11.3 Å². The number of fused-ring (bicyclic) bond motifs is 4. The predicted octanol–water partition coefficient (Wildman–Crippen LogP) is 6.05. The zero-order chi connectivity index (χ0) is 32.9. The average molecular weight is 659 g/mol. The van der Waals surface area contributed by atoms with Crippen molar-refractivity contribution in [3.8, 4) is 17.1 Å². The van der Waals surface area contributed by atoms with Gasteiger partial charge in [-0.1, -0.05) is 24.3 Å². The molecule has 0 saturated heterocycles. The quantitative estimate of drug-likeness (QED) is 0.343. The van der Waals surface area contributed by atoms with Gasteiger partial charge in [-0.3, -0.25) is 4.79 Å². The number of aliphatic hydroxyl groups excluding tert-OH is 1. The number of aromatic nitrogens is 2. The number of rotatable bonds is 5. The van der Waals surface area contributed by atoms with Crippen LogP contribution in [0.5, 0.6) is 5.88 Å². The minimum absolute atomic E-state index is 0.00393. The van der Waals surface area contributed by atoms with E-state index in [0.717, 1.165) is 16.7 Å². The Morgan fingerprint density at radius 2 is 1.70 bits per heavy atom. The summed E-state index contributed by atoms with van der Waals surface area (Å²) in [6, 6.07) is 11.3. The number of hydrogen-bond acceptors (Lipinski definition) is 7. The molecule has 4 bridgehead atoms. The number of anilines is 1. The molecule has 2 aliphatic carbocycles. The second-order valence-electron chi connectivity index (χ2n) is 12.8. The molecule has 0 radical (unpaired) electrons. The van der Waals surface area contributed by atoms with E-state index in [4.69, 9.17) is 4.74 Å². The fourth-order valence-electron chi connectivity index (χ4n) is 6.88. The molecule has 1 amide bonds. The van der Waals surface area contributed by atoms with Gasteiger partial charge in [0.15, 0.2) is 0 Å². The molecule has 0 unspecified atom stereocenters. The van der Waals surface area contributed by atoms with E-state index in [1.807, 2.05) is 32.0 Å². The van der Waals surface area contributed by atoms with Gasteiger partial charge < -0.3 is 14.7 Å². The third kappa shape index (κ3) is 6.31. The number of amides is 1. The number of hydrogen-bond donors (Lipinski definition) is 2. The minimum Gasteiger partial charge on any atom is -0.475 e. The van der Waals surface area contributed by atoms with E-state index in [1.165, 1.54) is 29.2 Å². The molecule has 1 aromatic heterocycles. The first-order chi connectivity index (χ1) is 21.8. The summed E-state index contributed by atoms with van der Waals surface area (Å²) in [6.45, 7) is 3.48. The minimum atomic E-state index is -4.47. The fourth-order valence-corrected chi connectivity index (χ4v) is 7.86. The highest BCUT2D eigenvalue weighted by molar-refractivity contribution is 7.92. The summed E-state index contributed by atoms with van der Waals surface area (Å²) in [4.78, 5) is 24.4. The highest BCUT2D eigenvalue weighted by Gasteiger charge is 2.64. The van der Waals surface area contributed by atoms with Crippen molar-refractivity contribution in [3.05, 3.63) is 65.2 Å². The van der Waals surface area contributed by atoms with Gasteiger partial charge in [0.25, 0.3) is 15.9 Å². The van der Waals surface area contributed by atoms with E-state index in [1.54, 1.807) is 6.07 Å². The molecule has 2 aromatic carbocycles. The van der Waals surface area contributed by atoms with Gasteiger partial charge in [0.1, 0.15) is 6.61 Å². The molecule has 2 heterocycles. The van der Waals surface area contributed by atoms with E-state index < -0.39 is 39.6 Å². The largest absolute Gasteiger partial charge is 0.475 e. The van der Waals surface area contributed by atoms with Gasteiger partial charge in [-0.2, -0.15) is 18.2 Å². The van der Waals surface area contributed by atoms with Gasteiger partial charge >= 0.3 is 6.18 Å². The maximum atomic E-state index is 14.4. The number of ether oxygens (including phenoxy) is 1. The molecule has 46 heavy (non-hydrogen) atoms.